The molecule has 1 aliphatic rings. The second kappa shape index (κ2) is 9.06. The van der Waals surface area contributed by atoms with Gasteiger partial charge in [0, 0.05) is 23.5 Å². The van der Waals surface area contributed by atoms with Crippen LogP contribution in [0.3, 0.4) is 0 Å². The number of likely N-dealkylation sites (tertiary alicyclic amines) is 1. The SMILES string of the molecule is Cc1cnc(N(c2cc(F)cc(C(C)N3CCC3)c2)C(F)F)nc1Nc1ccc2oc(=O)[nH]c2c1. The van der Waals surface area contributed by atoms with Gasteiger partial charge in [0.25, 0.3) is 0 Å². The Morgan fingerprint density at radius 1 is 1.20 bits per heavy atom. The molecule has 182 valence electrons. The second-order valence-electron chi connectivity index (χ2n) is 8.51. The van der Waals surface area contributed by atoms with Gasteiger partial charge in [-0.3, -0.25) is 14.8 Å². The fourth-order valence-corrected chi connectivity index (χ4v) is 4.07. The van der Waals surface area contributed by atoms with E-state index in [-0.39, 0.29) is 23.5 Å². The third-order valence-corrected chi connectivity index (χ3v) is 6.16. The molecule has 4 aromatic rings. The normalized spacial score (nSPS) is 14.8. The van der Waals surface area contributed by atoms with Gasteiger partial charge in [-0.05, 0) is 75.3 Å². The number of benzene rings is 2. The quantitative estimate of drug-likeness (QED) is 0.347. The molecule has 0 bridgehead atoms. The number of aromatic nitrogens is 3. The first-order chi connectivity index (χ1) is 16.8. The Hall–Kier alpha value is -3.86. The highest BCUT2D eigenvalue weighted by Crippen LogP contribution is 2.34. The summed E-state index contributed by atoms with van der Waals surface area (Å²) in [6.07, 6.45) is 2.48. The van der Waals surface area contributed by atoms with Crippen LogP contribution >= 0.6 is 0 Å². The van der Waals surface area contributed by atoms with Gasteiger partial charge < -0.3 is 9.73 Å². The van der Waals surface area contributed by atoms with Crippen molar-refractivity contribution in [1.82, 2.24) is 19.9 Å². The van der Waals surface area contributed by atoms with E-state index in [2.05, 4.69) is 25.2 Å². The summed E-state index contributed by atoms with van der Waals surface area (Å²) in [5, 5.41) is 3.06. The summed E-state index contributed by atoms with van der Waals surface area (Å²) in [4.78, 5) is 25.1. The summed E-state index contributed by atoms with van der Waals surface area (Å²) in [6, 6.07) is 8.79. The highest BCUT2D eigenvalue weighted by atomic mass is 19.3. The minimum atomic E-state index is -3.01. The fourth-order valence-electron chi connectivity index (χ4n) is 4.07. The lowest BCUT2D eigenvalue weighted by molar-refractivity contribution is 0.128. The highest BCUT2D eigenvalue weighted by molar-refractivity contribution is 5.78. The molecule has 0 aliphatic carbocycles. The third kappa shape index (κ3) is 4.59. The first-order valence-electron chi connectivity index (χ1n) is 11.1. The lowest BCUT2D eigenvalue weighted by Crippen LogP contribution is -2.39. The summed E-state index contributed by atoms with van der Waals surface area (Å²) in [6.45, 7) is 2.43. The molecule has 2 aromatic heterocycles. The van der Waals surface area contributed by atoms with Gasteiger partial charge in [0.15, 0.2) is 5.58 Å². The summed E-state index contributed by atoms with van der Waals surface area (Å²) in [5.41, 5.74) is 2.61. The van der Waals surface area contributed by atoms with Gasteiger partial charge in [0.05, 0.1) is 11.2 Å². The van der Waals surface area contributed by atoms with Crippen molar-refractivity contribution < 1.29 is 17.6 Å². The molecule has 2 aromatic carbocycles. The van der Waals surface area contributed by atoms with Crippen LogP contribution in [-0.4, -0.2) is 39.5 Å². The molecule has 5 rings (SSSR count). The van der Waals surface area contributed by atoms with Crippen molar-refractivity contribution in [1.29, 1.82) is 0 Å². The van der Waals surface area contributed by atoms with Crippen LogP contribution < -0.4 is 16.0 Å². The molecule has 0 amide bonds. The molecule has 35 heavy (non-hydrogen) atoms. The molecule has 3 heterocycles. The van der Waals surface area contributed by atoms with Crippen LogP contribution in [0, 0.1) is 12.7 Å². The molecule has 2 N–H and O–H groups in total. The van der Waals surface area contributed by atoms with Crippen LogP contribution in [0.15, 0.2) is 51.8 Å². The van der Waals surface area contributed by atoms with Gasteiger partial charge in [0.2, 0.25) is 5.95 Å². The van der Waals surface area contributed by atoms with Gasteiger partial charge in [-0.2, -0.15) is 13.8 Å². The number of anilines is 4. The number of halogens is 3. The Kier molecular flexibility index (Phi) is 5.93. The van der Waals surface area contributed by atoms with Crippen LogP contribution in [0.25, 0.3) is 11.1 Å². The molecule has 0 spiro atoms. The molecular formula is C24H23F3N6O2. The van der Waals surface area contributed by atoms with E-state index < -0.39 is 18.1 Å². The van der Waals surface area contributed by atoms with E-state index in [1.165, 1.54) is 12.3 Å². The summed E-state index contributed by atoms with van der Waals surface area (Å²) >= 11 is 0. The number of nitrogens with one attached hydrogen (secondary N) is 2. The van der Waals surface area contributed by atoms with Gasteiger partial charge in [-0.15, -0.1) is 0 Å². The Balaban J connectivity index is 1.49. The molecule has 0 radical (unpaired) electrons. The minimum absolute atomic E-state index is 0.0328. The summed E-state index contributed by atoms with van der Waals surface area (Å²) in [7, 11) is 0. The standard InChI is InChI=1S/C24H23F3N6O2/c1-13-12-28-23(31-21(13)29-17-4-5-20-19(11-17)30-24(34)35-20)33(22(26)27)18-9-15(8-16(25)10-18)14(2)32-6-3-7-32/h4-5,8-12,14,22H,3,6-7H2,1-2H3,(H,30,34)(H,28,29,31). The average molecular weight is 484 g/mol. The zero-order valence-electron chi connectivity index (χ0n) is 19.1. The zero-order valence-corrected chi connectivity index (χ0v) is 19.1. The largest absolute Gasteiger partial charge is 0.417 e. The van der Waals surface area contributed by atoms with Crippen molar-refractivity contribution >= 4 is 34.2 Å². The lowest BCUT2D eigenvalue weighted by Gasteiger charge is -2.37. The molecule has 1 atom stereocenters. The van der Waals surface area contributed by atoms with Crippen molar-refractivity contribution in [3.63, 3.8) is 0 Å². The Bertz CT molecular complexity index is 1430. The second-order valence-corrected chi connectivity index (χ2v) is 8.51. The third-order valence-electron chi connectivity index (χ3n) is 6.16. The van der Waals surface area contributed by atoms with Crippen LogP contribution in [-0.2, 0) is 0 Å². The van der Waals surface area contributed by atoms with E-state index in [9.17, 15) is 18.0 Å². The summed E-state index contributed by atoms with van der Waals surface area (Å²) in [5.74, 6) is -1.18. The number of hydrogen-bond acceptors (Lipinski definition) is 7. The molecule has 1 unspecified atom stereocenters. The molecule has 11 heteroatoms. The number of aromatic amines is 1. The maximum atomic E-state index is 14.5. The molecular weight excluding hydrogens is 461 g/mol. The fraction of sp³-hybridized carbons (Fsp3) is 0.292. The number of nitrogens with zero attached hydrogens (tertiary/aromatic N) is 4. The minimum Gasteiger partial charge on any atom is -0.408 e. The van der Waals surface area contributed by atoms with Crippen LogP contribution in [0.4, 0.5) is 36.3 Å². The maximum Gasteiger partial charge on any atom is 0.417 e. The smallest absolute Gasteiger partial charge is 0.408 e. The van der Waals surface area contributed by atoms with Gasteiger partial charge >= 0.3 is 12.3 Å². The molecule has 8 nitrogen and oxygen atoms in total. The van der Waals surface area contributed by atoms with Crippen LogP contribution in [0.2, 0.25) is 0 Å². The molecule has 1 aliphatic heterocycles. The monoisotopic (exact) mass is 484 g/mol. The van der Waals surface area contributed by atoms with E-state index in [4.69, 9.17) is 4.42 Å². The first-order valence-corrected chi connectivity index (χ1v) is 11.1. The Morgan fingerprint density at radius 3 is 2.71 bits per heavy atom. The van der Waals surface area contributed by atoms with Crippen LogP contribution in [0.5, 0.6) is 0 Å². The zero-order chi connectivity index (χ0) is 24.7. The van der Waals surface area contributed by atoms with E-state index >= 15 is 0 Å². The predicted octanol–water partition coefficient (Wildman–Crippen LogP) is 5.23. The van der Waals surface area contributed by atoms with E-state index in [0.29, 0.717) is 32.8 Å². The van der Waals surface area contributed by atoms with Crippen molar-refractivity contribution in [2.45, 2.75) is 32.9 Å². The molecule has 0 saturated carbocycles. The molecule has 1 fully saturated rings. The topological polar surface area (TPSA) is 90.3 Å². The number of rotatable bonds is 7. The van der Waals surface area contributed by atoms with E-state index in [1.807, 2.05) is 6.92 Å². The Labute approximate surface area is 198 Å². The van der Waals surface area contributed by atoms with E-state index in [1.54, 1.807) is 31.2 Å². The first kappa shape index (κ1) is 22.9. The number of alkyl halides is 2. The van der Waals surface area contributed by atoms with Gasteiger partial charge in [0.1, 0.15) is 11.6 Å². The molecule has 1 saturated heterocycles. The average Bonchev–Trinajstić information content (AvgIpc) is 3.13. The Morgan fingerprint density at radius 2 is 2.00 bits per heavy atom. The van der Waals surface area contributed by atoms with Crippen molar-refractivity contribution in [2.75, 3.05) is 23.3 Å². The number of hydrogen-bond donors (Lipinski definition) is 2. The van der Waals surface area contributed by atoms with E-state index in [0.717, 1.165) is 25.6 Å². The van der Waals surface area contributed by atoms with Gasteiger partial charge in [-0.25, -0.2) is 14.2 Å². The highest BCUT2D eigenvalue weighted by Gasteiger charge is 2.27. The van der Waals surface area contributed by atoms with Crippen molar-refractivity contribution in [2.24, 2.45) is 0 Å². The van der Waals surface area contributed by atoms with Crippen LogP contribution in [0.1, 0.15) is 30.5 Å². The predicted molar refractivity (Wildman–Crippen MR) is 126 cm³/mol. The maximum absolute atomic E-state index is 14.5. The number of oxazole rings is 1. The van der Waals surface area contributed by atoms with Crippen molar-refractivity contribution in [3.8, 4) is 0 Å². The number of aryl methyl sites for hydroxylation is 1. The van der Waals surface area contributed by atoms with Crippen molar-refractivity contribution in [3.05, 3.63) is 70.1 Å². The lowest BCUT2D eigenvalue weighted by atomic mass is 10.0. The number of fused-ring (bicyclic) bond motifs is 1. The summed E-state index contributed by atoms with van der Waals surface area (Å²) < 4.78 is 48.0. The number of H-pyrrole nitrogens is 1. The van der Waals surface area contributed by atoms with Gasteiger partial charge in [-0.1, -0.05) is 0 Å².